The number of nitrogens with zero attached hydrogens (tertiary/aromatic N) is 2. The summed E-state index contributed by atoms with van der Waals surface area (Å²) in [6.07, 6.45) is 3.47. The molecule has 0 fully saturated rings. The second-order valence-corrected chi connectivity index (χ2v) is 6.12. The fourth-order valence-electron chi connectivity index (χ4n) is 1.81. The number of aryl methyl sites for hydroxylation is 1. The molecule has 6 nitrogen and oxygen atoms in total. The number of rotatable bonds is 7. The minimum absolute atomic E-state index is 0.0829. The first-order valence-corrected chi connectivity index (χ1v) is 8.11. The molecule has 0 saturated heterocycles. The lowest BCUT2D eigenvalue weighted by Crippen LogP contribution is -2.24. The van der Waals surface area contributed by atoms with Gasteiger partial charge in [-0.15, -0.1) is 0 Å². The second kappa shape index (κ2) is 7.40. The van der Waals surface area contributed by atoms with E-state index < -0.39 is 10.8 Å². The number of hydrogen-bond acceptors (Lipinski definition) is 6. The van der Waals surface area contributed by atoms with Gasteiger partial charge < -0.3 is 10.7 Å². The molecule has 7 heteroatoms. The van der Waals surface area contributed by atoms with E-state index in [1.165, 1.54) is 0 Å². The van der Waals surface area contributed by atoms with Crippen molar-refractivity contribution >= 4 is 22.4 Å². The highest BCUT2D eigenvalue weighted by atomic mass is 32.2. The standard InChI is InChI=1S/C12H23N5OS/c1-5-6-10-15-11(9(3)12(16-10)17-13)14-8(2)7-19(4)18/h8H,5-7,13H2,1-4H3,(H2,14,15,16,17). The van der Waals surface area contributed by atoms with E-state index >= 15 is 0 Å². The van der Waals surface area contributed by atoms with Crippen LogP contribution in [-0.2, 0) is 17.2 Å². The minimum Gasteiger partial charge on any atom is -0.366 e. The van der Waals surface area contributed by atoms with E-state index in [2.05, 4.69) is 27.6 Å². The maximum Gasteiger partial charge on any atom is 0.148 e. The predicted molar refractivity (Wildman–Crippen MR) is 80.6 cm³/mol. The monoisotopic (exact) mass is 285 g/mol. The number of nitrogens with one attached hydrogen (secondary N) is 2. The number of hydrazine groups is 1. The van der Waals surface area contributed by atoms with Crippen LogP contribution in [0.1, 0.15) is 31.7 Å². The molecule has 0 aliphatic carbocycles. The summed E-state index contributed by atoms with van der Waals surface area (Å²) in [5.41, 5.74) is 3.47. The summed E-state index contributed by atoms with van der Waals surface area (Å²) in [4.78, 5) is 8.86. The third-order valence-corrected chi connectivity index (χ3v) is 3.64. The third-order valence-electron chi connectivity index (χ3n) is 2.67. The van der Waals surface area contributed by atoms with Crippen LogP contribution in [0.2, 0.25) is 0 Å². The molecule has 0 bridgehead atoms. The number of aromatic nitrogens is 2. The molecule has 1 rings (SSSR count). The maximum atomic E-state index is 11.2. The first-order chi connectivity index (χ1) is 8.97. The zero-order valence-electron chi connectivity index (χ0n) is 12.0. The highest BCUT2D eigenvalue weighted by molar-refractivity contribution is 7.84. The lowest BCUT2D eigenvalue weighted by Gasteiger charge is -2.17. The van der Waals surface area contributed by atoms with Crippen molar-refractivity contribution in [3.8, 4) is 0 Å². The minimum atomic E-state index is -0.838. The van der Waals surface area contributed by atoms with E-state index in [4.69, 9.17) is 5.84 Å². The van der Waals surface area contributed by atoms with Gasteiger partial charge in [-0.05, 0) is 20.3 Å². The van der Waals surface area contributed by atoms with E-state index in [1.807, 2.05) is 13.8 Å². The average molecular weight is 285 g/mol. The van der Waals surface area contributed by atoms with Gasteiger partial charge >= 0.3 is 0 Å². The number of nitrogen functional groups attached to an aromatic ring is 1. The van der Waals surface area contributed by atoms with Crippen LogP contribution in [0.15, 0.2) is 0 Å². The lowest BCUT2D eigenvalue weighted by molar-refractivity contribution is 0.682. The highest BCUT2D eigenvalue weighted by Gasteiger charge is 2.12. The van der Waals surface area contributed by atoms with Crippen LogP contribution in [0.25, 0.3) is 0 Å². The Hall–Kier alpha value is -1.21. The molecule has 19 heavy (non-hydrogen) atoms. The fraction of sp³-hybridized carbons (Fsp3) is 0.667. The molecule has 0 aromatic carbocycles. The molecule has 2 atom stereocenters. The van der Waals surface area contributed by atoms with Gasteiger partial charge in [0.2, 0.25) is 0 Å². The first-order valence-electron chi connectivity index (χ1n) is 6.38. The van der Waals surface area contributed by atoms with Crippen molar-refractivity contribution < 1.29 is 4.21 Å². The average Bonchev–Trinajstić information content (AvgIpc) is 2.32. The zero-order valence-corrected chi connectivity index (χ0v) is 12.8. The Kier molecular flexibility index (Phi) is 6.17. The van der Waals surface area contributed by atoms with Crippen LogP contribution in [0.4, 0.5) is 11.6 Å². The molecule has 0 spiro atoms. The summed E-state index contributed by atoms with van der Waals surface area (Å²) in [6.45, 7) is 5.97. The van der Waals surface area contributed by atoms with Crippen LogP contribution in [0.3, 0.4) is 0 Å². The quantitative estimate of drug-likeness (QED) is 0.515. The van der Waals surface area contributed by atoms with E-state index in [0.717, 1.165) is 30.0 Å². The van der Waals surface area contributed by atoms with Crippen LogP contribution < -0.4 is 16.6 Å². The van der Waals surface area contributed by atoms with Crippen molar-refractivity contribution in [3.05, 3.63) is 11.4 Å². The Labute approximate surface area is 117 Å². The van der Waals surface area contributed by atoms with E-state index in [9.17, 15) is 4.21 Å². The number of nitrogens with two attached hydrogens (primary N) is 1. The topological polar surface area (TPSA) is 92.9 Å². The van der Waals surface area contributed by atoms with Crippen molar-refractivity contribution in [1.29, 1.82) is 0 Å². The molecular weight excluding hydrogens is 262 g/mol. The van der Waals surface area contributed by atoms with Crippen molar-refractivity contribution in [1.82, 2.24) is 9.97 Å². The third kappa shape index (κ3) is 4.76. The Bertz CT molecular complexity index is 452. The normalized spacial score (nSPS) is 13.9. The fourth-order valence-corrected chi connectivity index (χ4v) is 2.59. The number of hydrogen-bond donors (Lipinski definition) is 3. The van der Waals surface area contributed by atoms with Crippen molar-refractivity contribution in [2.75, 3.05) is 22.8 Å². The molecule has 1 aromatic heterocycles. The molecule has 2 unspecified atom stereocenters. The SMILES string of the molecule is CCCc1nc(NN)c(C)c(NC(C)CS(C)=O)n1. The van der Waals surface area contributed by atoms with Gasteiger partial charge in [-0.3, -0.25) is 4.21 Å². The summed E-state index contributed by atoms with van der Waals surface area (Å²) in [5.74, 6) is 8.20. The van der Waals surface area contributed by atoms with E-state index in [-0.39, 0.29) is 6.04 Å². The van der Waals surface area contributed by atoms with Gasteiger partial charge in [0.15, 0.2) is 0 Å². The number of anilines is 2. The van der Waals surface area contributed by atoms with Gasteiger partial charge in [0.25, 0.3) is 0 Å². The Morgan fingerprint density at radius 3 is 2.53 bits per heavy atom. The molecule has 1 heterocycles. The lowest BCUT2D eigenvalue weighted by atomic mass is 10.2. The second-order valence-electron chi connectivity index (χ2n) is 4.64. The molecule has 0 aliphatic heterocycles. The Morgan fingerprint density at radius 1 is 1.37 bits per heavy atom. The Morgan fingerprint density at radius 2 is 2.00 bits per heavy atom. The molecule has 0 saturated carbocycles. The smallest absolute Gasteiger partial charge is 0.148 e. The van der Waals surface area contributed by atoms with Gasteiger partial charge in [0, 0.05) is 40.8 Å². The summed E-state index contributed by atoms with van der Waals surface area (Å²) < 4.78 is 11.2. The van der Waals surface area contributed by atoms with Gasteiger partial charge in [-0.1, -0.05) is 6.92 Å². The maximum absolute atomic E-state index is 11.2. The highest BCUT2D eigenvalue weighted by Crippen LogP contribution is 2.20. The predicted octanol–water partition coefficient (Wildman–Crippen LogP) is 1.20. The molecule has 4 N–H and O–H groups in total. The van der Waals surface area contributed by atoms with Crippen LogP contribution in [-0.4, -0.2) is 32.2 Å². The summed E-state index contributed by atoms with van der Waals surface area (Å²) >= 11 is 0. The van der Waals surface area contributed by atoms with Gasteiger partial charge in [0.05, 0.1) is 0 Å². The zero-order chi connectivity index (χ0) is 14.4. The molecule has 108 valence electrons. The van der Waals surface area contributed by atoms with Gasteiger partial charge in [-0.25, -0.2) is 15.8 Å². The van der Waals surface area contributed by atoms with E-state index in [1.54, 1.807) is 6.26 Å². The van der Waals surface area contributed by atoms with Gasteiger partial charge in [-0.2, -0.15) is 0 Å². The molecule has 1 aromatic rings. The summed E-state index contributed by atoms with van der Waals surface area (Å²) in [6, 6.07) is 0.0829. The van der Waals surface area contributed by atoms with Crippen LogP contribution >= 0.6 is 0 Å². The largest absolute Gasteiger partial charge is 0.366 e. The van der Waals surface area contributed by atoms with Crippen molar-refractivity contribution in [2.24, 2.45) is 5.84 Å². The summed E-state index contributed by atoms with van der Waals surface area (Å²) in [5, 5.41) is 3.28. The Balaban J connectivity index is 2.97. The van der Waals surface area contributed by atoms with E-state index in [0.29, 0.717) is 11.6 Å². The molecule has 0 aliphatic rings. The van der Waals surface area contributed by atoms with Crippen LogP contribution in [0, 0.1) is 6.92 Å². The van der Waals surface area contributed by atoms with Crippen LogP contribution in [0.5, 0.6) is 0 Å². The molecule has 0 radical (unpaired) electrons. The molecular formula is C12H23N5OS. The van der Waals surface area contributed by atoms with Crippen molar-refractivity contribution in [3.63, 3.8) is 0 Å². The van der Waals surface area contributed by atoms with Crippen molar-refractivity contribution in [2.45, 2.75) is 39.7 Å². The summed E-state index contributed by atoms with van der Waals surface area (Å²) in [7, 11) is -0.838. The molecule has 0 amide bonds. The van der Waals surface area contributed by atoms with Gasteiger partial charge in [0.1, 0.15) is 17.5 Å². The first kappa shape index (κ1) is 15.8.